The van der Waals surface area contributed by atoms with Gasteiger partial charge in [-0.05, 0) is 31.2 Å². The number of benzene rings is 1. The van der Waals surface area contributed by atoms with Gasteiger partial charge in [0.25, 0.3) is 0 Å². The molecular weight excluding hydrogens is 254 g/mol. The lowest BCUT2D eigenvalue weighted by Crippen LogP contribution is -2.37. The lowest BCUT2D eigenvalue weighted by Gasteiger charge is -2.09. The molecule has 0 heterocycles. The van der Waals surface area contributed by atoms with E-state index in [1.54, 1.807) is 7.11 Å². The molecule has 0 aliphatic rings. The third-order valence-corrected chi connectivity index (χ3v) is 2.39. The van der Waals surface area contributed by atoms with Gasteiger partial charge < -0.3 is 20.1 Å². The average molecular weight is 275 g/mol. The number of rotatable bonds is 7. The van der Waals surface area contributed by atoms with Crippen molar-refractivity contribution in [3.8, 4) is 23.8 Å². The maximum Gasteiger partial charge on any atom is 0.192 e. The number of aliphatic imine (C=N–C) groups is 1. The van der Waals surface area contributed by atoms with Gasteiger partial charge in [0.1, 0.15) is 18.1 Å². The molecule has 0 bridgehead atoms. The highest BCUT2D eigenvalue weighted by atomic mass is 16.5. The van der Waals surface area contributed by atoms with Crippen LogP contribution < -0.4 is 20.1 Å². The van der Waals surface area contributed by atoms with Gasteiger partial charge in [0.15, 0.2) is 5.96 Å². The van der Waals surface area contributed by atoms with Gasteiger partial charge in [0.2, 0.25) is 0 Å². The van der Waals surface area contributed by atoms with Gasteiger partial charge >= 0.3 is 0 Å². The Morgan fingerprint density at radius 1 is 1.25 bits per heavy atom. The highest BCUT2D eigenvalue weighted by molar-refractivity contribution is 5.79. The van der Waals surface area contributed by atoms with Crippen LogP contribution >= 0.6 is 0 Å². The van der Waals surface area contributed by atoms with Crippen molar-refractivity contribution in [1.29, 1.82) is 0 Å². The van der Waals surface area contributed by atoms with Crippen LogP contribution in [0.5, 0.6) is 11.5 Å². The molecule has 0 spiro atoms. The molecule has 1 aromatic carbocycles. The molecule has 0 atom stereocenters. The largest absolute Gasteiger partial charge is 0.497 e. The highest BCUT2D eigenvalue weighted by Crippen LogP contribution is 2.16. The summed E-state index contributed by atoms with van der Waals surface area (Å²) in [6.45, 7) is 4.28. The number of nitrogens with zero attached hydrogens (tertiary/aromatic N) is 1. The van der Waals surface area contributed by atoms with Crippen molar-refractivity contribution in [2.75, 3.05) is 33.4 Å². The molecule has 0 aliphatic heterocycles. The van der Waals surface area contributed by atoms with E-state index in [9.17, 15) is 0 Å². The molecule has 0 fully saturated rings. The van der Waals surface area contributed by atoms with Crippen LogP contribution in [0.25, 0.3) is 0 Å². The van der Waals surface area contributed by atoms with Crippen LogP contribution in [0.3, 0.4) is 0 Å². The molecule has 0 amide bonds. The first-order valence-corrected chi connectivity index (χ1v) is 6.52. The predicted molar refractivity (Wildman–Crippen MR) is 81.3 cm³/mol. The van der Waals surface area contributed by atoms with Crippen molar-refractivity contribution in [1.82, 2.24) is 10.6 Å². The van der Waals surface area contributed by atoms with Crippen molar-refractivity contribution < 1.29 is 9.47 Å². The van der Waals surface area contributed by atoms with Crippen LogP contribution in [0.4, 0.5) is 0 Å². The van der Waals surface area contributed by atoms with Crippen LogP contribution in [-0.2, 0) is 0 Å². The van der Waals surface area contributed by atoms with Gasteiger partial charge in [-0.3, -0.25) is 0 Å². The number of methoxy groups -OCH3 is 1. The Bertz CT molecular complexity index is 449. The van der Waals surface area contributed by atoms with Crippen molar-refractivity contribution in [3.63, 3.8) is 0 Å². The van der Waals surface area contributed by atoms with E-state index < -0.39 is 0 Å². The third-order valence-electron chi connectivity index (χ3n) is 2.39. The van der Waals surface area contributed by atoms with Crippen LogP contribution in [0.2, 0.25) is 0 Å². The van der Waals surface area contributed by atoms with E-state index in [1.807, 2.05) is 31.2 Å². The summed E-state index contributed by atoms with van der Waals surface area (Å²) in [7, 11) is 1.63. The third kappa shape index (κ3) is 6.01. The second kappa shape index (κ2) is 9.56. The number of guanidine groups is 1. The fraction of sp³-hybridized carbons (Fsp3) is 0.400. The van der Waals surface area contributed by atoms with Crippen molar-refractivity contribution in [2.24, 2.45) is 4.99 Å². The molecule has 20 heavy (non-hydrogen) atoms. The lowest BCUT2D eigenvalue weighted by atomic mass is 10.3. The zero-order chi connectivity index (χ0) is 14.6. The van der Waals surface area contributed by atoms with Crippen LogP contribution in [0.1, 0.15) is 6.92 Å². The molecule has 5 nitrogen and oxygen atoms in total. The molecule has 1 rings (SSSR count). The molecule has 0 saturated heterocycles. The Balaban J connectivity index is 2.35. The summed E-state index contributed by atoms with van der Waals surface area (Å²) in [5.41, 5.74) is 0. The molecule has 108 valence electrons. The normalized spacial score (nSPS) is 10.6. The molecule has 0 aromatic heterocycles. The quantitative estimate of drug-likeness (QED) is 0.340. The standard InChI is InChI=1S/C15H21N3O2/c1-4-10-17-15(16-5-2)18-11-12-20-14-8-6-13(19-3)7-9-14/h1,6-9H,5,10-12H2,2-3H3,(H2,16,17,18). The number of terminal acetylenes is 1. The maximum absolute atomic E-state index is 5.58. The molecule has 0 radical (unpaired) electrons. The van der Waals surface area contributed by atoms with E-state index in [0.717, 1.165) is 18.0 Å². The minimum absolute atomic E-state index is 0.450. The van der Waals surface area contributed by atoms with Gasteiger partial charge in [0, 0.05) is 6.54 Å². The number of hydrogen-bond acceptors (Lipinski definition) is 3. The maximum atomic E-state index is 5.58. The summed E-state index contributed by atoms with van der Waals surface area (Å²) < 4.78 is 10.7. The number of hydrogen-bond donors (Lipinski definition) is 2. The number of nitrogens with one attached hydrogen (secondary N) is 2. The first-order chi connectivity index (χ1) is 9.80. The Kier molecular flexibility index (Phi) is 7.51. The van der Waals surface area contributed by atoms with E-state index in [1.165, 1.54) is 0 Å². The minimum Gasteiger partial charge on any atom is -0.497 e. The second-order valence-electron chi connectivity index (χ2n) is 3.84. The minimum atomic E-state index is 0.450. The Morgan fingerprint density at radius 3 is 2.55 bits per heavy atom. The van der Waals surface area contributed by atoms with Crippen molar-refractivity contribution >= 4 is 5.96 Å². The summed E-state index contributed by atoms with van der Waals surface area (Å²) in [5, 5.41) is 6.12. The van der Waals surface area contributed by atoms with Crippen LogP contribution in [-0.4, -0.2) is 39.3 Å². The fourth-order valence-corrected chi connectivity index (χ4v) is 1.47. The Labute approximate surface area is 120 Å². The zero-order valence-electron chi connectivity index (χ0n) is 12.0. The zero-order valence-corrected chi connectivity index (χ0v) is 12.0. The summed E-state index contributed by atoms with van der Waals surface area (Å²) in [4.78, 5) is 4.35. The van der Waals surface area contributed by atoms with Gasteiger partial charge in [-0.15, -0.1) is 6.42 Å². The molecular formula is C15H21N3O2. The van der Waals surface area contributed by atoms with E-state index in [2.05, 4.69) is 21.5 Å². The van der Waals surface area contributed by atoms with Crippen molar-refractivity contribution in [3.05, 3.63) is 24.3 Å². The van der Waals surface area contributed by atoms with E-state index in [4.69, 9.17) is 15.9 Å². The van der Waals surface area contributed by atoms with E-state index >= 15 is 0 Å². The predicted octanol–water partition coefficient (Wildman–Crippen LogP) is 1.26. The van der Waals surface area contributed by atoms with Crippen molar-refractivity contribution in [2.45, 2.75) is 6.92 Å². The lowest BCUT2D eigenvalue weighted by molar-refractivity contribution is 0.327. The van der Waals surface area contributed by atoms with Gasteiger partial charge in [-0.25, -0.2) is 4.99 Å². The average Bonchev–Trinajstić information content (AvgIpc) is 2.49. The van der Waals surface area contributed by atoms with Gasteiger partial charge in [-0.1, -0.05) is 5.92 Å². The molecule has 0 aliphatic carbocycles. The second-order valence-corrected chi connectivity index (χ2v) is 3.84. The van der Waals surface area contributed by atoms with Gasteiger partial charge in [0.05, 0.1) is 20.2 Å². The molecule has 0 saturated carbocycles. The first-order valence-electron chi connectivity index (χ1n) is 6.52. The highest BCUT2D eigenvalue weighted by Gasteiger charge is 1.96. The summed E-state index contributed by atoms with van der Waals surface area (Å²) in [6.07, 6.45) is 5.20. The topological polar surface area (TPSA) is 54.9 Å². The smallest absolute Gasteiger partial charge is 0.192 e. The van der Waals surface area contributed by atoms with E-state index in [-0.39, 0.29) is 0 Å². The molecule has 0 unspecified atom stereocenters. The Morgan fingerprint density at radius 2 is 1.95 bits per heavy atom. The monoisotopic (exact) mass is 275 g/mol. The van der Waals surface area contributed by atoms with Crippen LogP contribution in [0.15, 0.2) is 29.3 Å². The van der Waals surface area contributed by atoms with Crippen LogP contribution in [0, 0.1) is 12.3 Å². The van der Waals surface area contributed by atoms with E-state index in [0.29, 0.717) is 25.7 Å². The summed E-state index contributed by atoms with van der Waals surface area (Å²) in [5.74, 6) is 4.81. The fourth-order valence-electron chi connectivity index (χ4n) is 1.47. The first kappa shape index (κ1) is 15.7. The SMILES string of the molecule is C#CCNC(=NCCOc1ccc(OC)cc1)NCC. The number of ether oxygens (including phenoxy) is 2. The summed E-state index contributed by atoms with van der Waals surface area (Å²) in [6, 6.07) is 7.45. The Hall–Kier alpha value is -2.35. The molecule has 5 heteroatoms. The van der Waals surface area contributed by atoms with Gasteiger partial charge in [-0.2, -0.15) is 0 Å². The molecule has 1 aromatic rings. The summed E-state index contributed by atoms with van der Waals surface area (Å²) >= 11 is 0. The molecule has 2 N–H and O–H groups in total.